The predicted molar refractivity (Wildman–Crippen MR) is 72.5 cm³/mol. The average Bonchev–Trinajstić information content (AvgIpc) is 2.46. The number of fused-ring (bicyclic) bond motifs is 1. The fourth-order valence-electron chi connectivity index (χ4n) is 1.83. The molecule has 0 amide bonds. The van der Waals surface area contributed by atoms with E-state index in [4.69, 9.17) is 19.9 Å². The van der Waals surface area contributed by atoms with Crippen molar-refractivity contribution in [3.05, 3.63) is 18.2 Å². The van der Waals surface area contributed by atoms with Gasteiger partial charge >= 0.3 is 0 Å². The molecular formula is C12H18N2O5S. The van der Waals surface area contributed by atoms with Crippen molar-refractivity contribution in [2.24, 2.45) is 5.73 Å². The van der Waals surface area contributed by atoms with E-state index >= 15 is 0 Å². The first-order valence-corrected chi connectivity index (χ1v) is 7.66. The first-order valence-electron chi connectivity index (χ1n) is 6.18. The smallest absolute Gasteiger partial charge is 0.241 e. The van der Waals surface area contributed by atoms with Crippen LogP contribution in [0, 0.1) is 0 Å². The number of sulfonamides is 1. The average molecular weight is 302 g/mol. The van der Waals surface area contributed by atoms with E-state index in [9.17, 15) is 8.42 Å². The van der Waals surface area contributed by atoms with E-state index in [2.05, 4.69) is 4.72 Å². The van der Waals surface area contributed by atoms with E-state index in [0.717, 1.165) is 0 Å². The Bertz CT molecular complexity index is 561. The van der Waals surface area contributed by atoms with Gasteiger partial charge in [-0.2, -0.15) is 0 Å². The Morgan fingerprint density at radius 2 is 2.05 bits per heavy atom. The molecule has 1 heterocycles. The van der Waals surface area contributed by atoms with Gasteiger partial charge < -0.3 is 19.9 Å². The summed E-state index contributed by atoms with van der Waals surface area (Å²) in [7, 11) is -2.19. The molecule has 1 aromatic carbocycles. The topological polar surface area (TPSA) is 99.9 Å². The van der Waals surface area contributed by atoms with Crippen LogP contribution >= 0.6 is 0 Å². The van der Waals surface area contributed by atoms with Crippen molar-refractivity contribution in [2.45, 2.75) is 10.9 Å². The van der Waals surface area contributed by atoms with Gasteiger partial charge in [-0.1, -0.05) is 0 Å². The van der Waals surface area contributed by atoms with Crippen LogP contribution in [0.4, 0.5) is 0 Å². The lowest BCUT2D eigenvalue weighted by Gasteiger charge is -2.20. The van der Waals surface area contributed by atoms with E-state index in [1.807, 2.05) is 0 Å². The van der Waals surface area contributed by atoms with Gasteiger partial charge in [-0.05, 0) is 12.1 Å². The molecule has 3 N–H and O–H groups in total. The molecule has 0 aliphatic carbocycles. The third-order valence-electron chi connectivity index (χ3n) is 2.80. The zero-order valence-electron chi connectivity index (χ0n) is 11.2. The molecule has 0 saturated heterocycles. The summed E-state index contributed by atoms with van der Waals surface area (Å²) in [6.07, 6.45) is 0. The normalized spacial score (nSPS) is 15.9. The molecule has 1 aliphatic rings. The van der Waals surface area contributed by atoms with Gasteiger partial charge in [0.25, 0.3) is 0 Å². The number of ether oxygens (including phenoxy) is 3. The first-order chi connectivity index (χ1) is 9.56. The van der Waals surface area contributed by atoms with Crippen LogP contribution in [0.1, 0.15) is 0 Å². The SMILES string of the molecule is COCC(CN)NS(=O)(=O)c1ccc2c(c1)OCCO2. The Morgan fingerprint density at radius 1 is 1.35 bits per heavy atom. The number of nitrogens with one attached hydrogen (secondary N) is 1. The van der Waals surface area contributed by atoms with Gasteiger partial charge in [0.1, 0.15) is 13.2 Å². The van der Waals surface area contributed by atoms with Gasteiger partial charge in [0.2, 0.25) is 10.0 Å². The van der Waals surface area contributed by atoms with Gasteiger partial charge in [0.05, 0.1) is 17.5 Å². The van der Waals surface area contributed by atoms with Gasteiger partial charge in [-0.3, -0.25) is 0 Å². The van der Waals surface area contributed by atoms with Crippen LogP contribution in [0.15, 0.2) is 23.1 Å². The maximum Gasteiger partial charge on any atom is 0.241 e. The van der Waals surface area contributed by atoms with Crippen molar-refractivity contribution in [1.82, 2.24) is 4.72 Å². The monoisotopic (exact) mass is 302 g/mol. The molecule has 8 heteroatoms. The highest BCUT2D eigenvalue weighted by molar-refractivity contribution is 7.89. The van der Waals surface area contributed by atoms with Crippen molar-refractivity contribution in [3.8, 4) is 11.5 Å². The van der Waals surface area contributed by atoms with Crippen molar-refractivity contribution in [3.63, 3.8) is 0 Å². The van der Waals surface area contributed by atoms with Crippen molar-refractivity contribution < 1.29 is 22.6 Å². The Labute approximate surface area is 118 Å². The molecule has 0 spiro atoms. The lowest BCUT2D eigenvalue weighted by molar-refractivity contribution is 0.171. The van der Waals surface area contributed by atoms with E-state index in [1.54, 1.807) is 6.07 Å². The minimum absolute atomic E-state index is 0.108. The van der Waals surface area contributed by atoms with Crippen LogP contribution < -0.4 is 19.9 Å². The molecule has 1 unspecified atom stereocenters. The zero-order chi connectivity index (χ0) is 14.6. The molecule has 0 fully saturated rings. The fourth-order valence-corrected chi connectivity index (χ4v) is 3.08. The Kier molecular flexibility index (Phi) is 4.81. The van der Waals surface area contributed by atoms with E-state index in [-0.39, 0.29) is 18.0 Å². The molecule has 1 aliphatic heterocycles. The molecule has 7 nitrogen and oxygen atoms in total. The van der Waals surface area contributed by atoms with Crippen LogP contribution in [0.25, 0.3) is 0 Å². The Hall–Kier alpha value is -1.35. The minimum atomic E-state index is -3.67. The maximum absolute atomic E-state index is 12.2. The summed E-state index contributed by atoms with van der Waals surface area (Å²) in [5.41, 5.74) is 5.50. The molecule has 112 valence electrons. The second-order valence-electron chi connectivity index (χ2n) is 4.31. The van der Waals surface area contributed by atoms with Crippen LogP contribution in [0.3, 0.4) is 0 Å². The summed E-state index contributed by atoms with van der Waals surface area (Å²) in [6, 6.07) is 4.02. The largest absolute Gasteiger partial charge is 0.486 e. The lowest BCUT2D eigenvalue weighted by Crippen LogP contribution is -2.43. The number of nitrogens with two attached hydrogens (primary N) is 1. The summed E-state index contributed by atoms with van der Waals surface area (Å²) in [6.45, 7) is 1.22. The van der Waals surface area contributed by atoms with Crippen molar-refractivity contribution in [1.29, 1.82) is 0 Å². The Morgan fingerprint density at radius 3 is 2.70 bits per heavy atom. The highest BCUT2D eigenvalue weighted by atomic mass is 32.2. The predicted octanol–water partition coefficient (Wildman–Crippen LogP) is -0.290. The van der Waals surface area contributed by atoms with Gasteiger partial charge in [0, 0.05) is 19.7 Å². The van der Waals surface area contributed by atoms with E-state index in [0.29, 0.717) is 24.7 Å². The molecule has 0 radical (unpaired) electrons. The van der Waals surface area contributed by atoms with E-state index < -0.39 is 16.1 Å². The minimum Gasteiger partial charge on any atom is -0.486 e. The number of rotatable bonds is 6. The quantitative estimate of drug-likeness (QED) is 0.749. The summed E-state index contributed by atoms with van der Waals surface area (Å²) in [4.78, 5) is 0.108. The van der Waals surface area contributed by atoms with E-state index in [1.165, 1.54) is 19.2 Å². The molecular weight excluding hydrogens is 284 g/mol. The van der Waals surface area contributed by atoms with Crippen LogP contribution in [-0.2, 0) is 14.8 Å². The van der Waals surface area contributed by atoms with Crippen molar-refractivity contribution >= 4 is 10.0 Å². The summed E-state index contributed by atoms with van der Waals surface area (Å²) < 4.78 is 42.6. The van der Waals surface area contributed by atoms with Crippen LogP contribution in [0.2, 0.25) is 0 Å². The Balaban J connectivity index is 2.20. The van der Waals surface area contributed by atoms with Gasteiger partial charge in [-0.15, -0.1) is 0 Å². The molecule has 0 bridgehead atoms. The number of methoxy groups -OCH3 is 1. The first kappa shape index (κ1) is 15.0. The molecule has 20 heavy (non-hydrogen) atoms. The number of benzene rings is 1. The molecule has 0 saturated carbocycles. The van der Waals surface area contributed by atoms with Crippen molar-refractivity contribution in [2.75, 3.05) is 33.5 Å². The summed E-state index contributed by atoms with van der Waals surface area (Å²) in [5, 5.41) is 0. The molecule has 2 rings (SSSR count). The van der Waals surface area contributed by atoms with Crippen LogP contribution in [-0.4, -0.2) is 47.9 Å². The second-order valence-corrected chi connectivity index (χ2v) is 6.03. The third kappa shape index (κ3) is 3.40. The standard InChI is InChI=1S/C12H18N2O5S/c1-17-8-9(7-13)14-20(15,16)10-2-3-11-12(6-10)19-5-4-18-11/h2-3,6,9,14H,4-5,7-8,13H2,1H3. The van der Waals surface area contributed by atoms with Crippen LogP contribution in [0.5, 0.6) is 11.5 Å². The highest BCUT2D eigenvalue weighted by Crippen LogP contribution is 2.32. The molecule has 1 aromatic rings. The second kappa shape index (κ2) is 6.40. The fraction of sp³-hybridized carbons (Fsp3) is 0.500. The molecule has 0 aromatic heterocycles. The number of hydrogen-bond donors (Lipinski definition) is 2. The zero-order valence-corrected chi connectivity index (χ0v) is 12.0. The molecule has 1 atom stereocenters. The van der Waals surface area contributed by atoms with Gasteiger partial charge in [-0.25, -0.2) is 13.1 Å². The lowest BCUT2D eigenvalue weighted by atomic mass is 10.3. The van der Waals surface area contributed by atoms with Gasteiger partial charge in [0.15, 0.2) is 11.5 Å². The number of hydrogen-bond acceptors (Lipinski definition) is 6. The summed E-state index contributed by atoms with van der Waals surface area (Å²) >= 11 is 0. The highest BCUT2D eigenvalue weighted by Gasteiger charge is 2.22. The summed E-state index contributed by atoms with van der Waals surface area (Å²) in [5.74, 6) is 0.970. The third-order valence-corrected chi connectivity index (χ3v) is 4.32. The maximum atomic E-state index is 12.2.